The van der Waals surface area contributed by atoms with Gasteiger partial charge in [-0.05, 0) is 13.0 Å². The molecule has 0 aliphatic heterocycles. The molecule has 2 rings (SSSR count). The molecule has 1 aromatic carbocycles. The number of ether oxygens (including phenoxy) is 2. The number of halogens is 1. The first-order valence-corrected chi connectivity index (χ1v) is 6.82. The number of carboxylic acid groups (broad SMARTS) is 1. The predicted octanol–water partition coefficient (Wildman–Crippen LogP) is 1.85. The van der Waals surface area contributed by atoms with Crippen LogP contribution in [-0.2, 0) is 11.3 Å². The van der Waals surface area contributed by atoms with Crippen LogP contribution in [0.5, 0.6) is 11.5 Å². The van der Waals surface area contributed by atoms with E-state index in [1.165, 1.54) is 18.8 Å². The summed E-state index contributed by atoms with van der Waals surface area (Å²) in [4.78, 5) is 26.8. The number of rotatable bonds is 5. The topological polar surface area (TPSA) is 90.7 Å². The number of aliphatic carboxylic acids is 1. The number of hydrogen-bond donors (Lipinski definition) is 1. The smallest absolute Gasteiger partial charge is 0.348 e. The van der Waals surface area contributed by atoms with Crippen molar-refractivity contribution >= 4 is 28.5 Å². The van der Waals surface area contributed by atoms with Crippen molar-refractivity contribution in [2.75, 3.05) is 14.2 Å². The van der Waals surface area contributed by atoms with Gasteiger partial charge in [0, 0.05) is 11.9 Å². The van der Waals surface area contributed by atoms with E-state index in [-0.39, 0.29) is 23.7 Å². The summed E-state index contributed by atoms with van der Waals surface area (Å²) in [5.41, 5.74) is 0.313. The van der Waals surface area contributed by atoms with Crippen LogP contribution >= 0.6 is 11.6 Å². The van der Waals surface area contributed by atoms with Crippen LogP contribution in [0.4, 0.5) is 0 Å². The predicted molar refractivity (Wildman–Crippen MR) is 81.1 cm³/mol. The molecule has 0 spiro atoms. The van der Waals surface area contributed by atoms with Crippen molar-refractivity contribution in [2.24, 2.45) is 0 Å². The van der Waals surface area contributed by atoms with E-state index in [0.717, 1.165) is 0 Å². The van der Waals surface area contributed by atoms with Crippen LogP contribution in [0, 0.1) is 6.92 Å². The number of aryl methyl sites for hydroxylation is 2. The number of nitrogens with zero attached hydrogens (tertiary/aromatic N) is 2. The first-order valence-electron chi connectivity index (χ1n) is 6.44. The van der Waals surface area contributed by atoms with Gasteiger partial charge in [0.1, 0.15) is 5.02 Å². The van der Waals surface area contributed by atoms with E-state index in [1.54, 1.807) is 13.0 Å². The maximum Gasteiger partial charge on any atom is 0.348 e. The molecule has 0 saturated heterocycles. The molecule has 0 radical (unpaired) electrons. The Morgan fingerprint density at radius 3 is 2.64 bits per heavy atom. The minimum absolute atomic E-state index is 0.0346. The van der Waals surface area contributed by atoms with Crippen LogP contribution in [0.3, 0.4) is 0 Å². The maximum absolute atomic E-state index is 12.1. The molecule has 0 amide bonds. The van der Waals surface area contributed by atoms with E-state index < -0.39 is 11.7 Å². The Hall–Kier alpha value is -2.28. The number of fused-ring (bicyclic) bond motifs is 1. The molecular weight excluding hydrogens is 312 g/mol. The van der Waals surface area contributed by atoms with Gasteiger partial charge in [-0.25, -0.2) is 4.79 Å². The fourth-order valence-corrected chi connectivity index (χ4v) is 2.63. The number of benzene rings is 1. The SMILES string of the molecule is COc1cc2c(C)nc(=O)n(CCC(=O)O)c2c(Cl)c1OC. The van der Waals surface area contributed by atoms with Crippen molar-refractivity contribution in [3.63, 3.8) is 0 Å². The summed E-state index contributed by atoms with van der Waals surface area (Å²) in [6.45, 7) is 1.64. The Morgan fingerprint density at radius 1 is 1.41 bits per heavy atom. The first kappa shape index (κ1) is 16.1. The molecule has 118 valence electrons. The molecule has 8 heteroatoms. The number of methoxy groups -OCH3 is 2. The van der Waals surface area contributed by atoms with Gasteiger partial charge in [0.2, 0.25) is 0 Å². The van der Waals surface area contributed by atoms with Gasteiger partial charge in [0.15, 0.2) is 11.5 Å². The van der Waals surface area contributed by atoms with Crippen molar-refractivity contribution in [1.82, 2.24) is 9.55 Å². The molecule has 0 unspecified atom stereocenters. The molecule has 0 atom stereocenters. The third-order valence-corrected chi connectivity index (χ3v) is 3.64. The standard InChI is InChI=1S/C14H15ClN2O5/c1-7-8-6-9(21-2)13(22-3)11(15)12(8)17(14(20)16-7)5-4-10(18)19/h6H,4-5H2,1-3H3,(H,18,19). The summed E-state index contributed by atoms with van der Waals surface area (Å²) in [5.74, 6) is -0.323. The molecular formula is C14H15ClN2O5. The van der Waals surface area contributed by atoms with Crippen molar-refractivity contribution in [3.8, 4) is 11.5 Å². The van der Waals surface area contributed by atoms with Crippen LogP contribution in [0.1, 0.15) is 12.1 Å². The Morgan fingerprint density at radius 2 is 2.09 bits per heavy atom. The second-order valence-electron chi connectivity index (χ2n) is 4.60. The van der Waals surface area contributed by atoms with Gasteiger partial charge in [-0.3, -0.25) is 9.36 Å². The van der Waals surface area contributed by atoms with Gasteiger partial charge in [0.05, 0.1) is 31.9 Å². The summed E-state index contributed by atoms with van der Waals surface area (Å²) < 4.78 is 11.7. The zero-order valence-electron chi connectivity index (χ0n) is 12.3. The average Bonchev–Trinajstić information content (AvgIpc) is 2.46. The van der Waals surface area contributed by atoms with Gasteiger partial charge >= 0.3 is 11.7 Å². The van der Waals surface area contributed by atoms with Crippen molar-refractivity contribution in [1.29, 1.82) is 0 Å². The molecule has 1 N–H and O–H groups in total. The largest absolute Gasteiger partial charge is 0.493 e. The van der Waals surface area contributed by atoms with E-state index in [9.17, 15) is 9.59 Å². The van der Waals surface area contributed by atoms with Gasteiger partial charge < -0.3 is 14.6 Å². The Bertz CT molecular complexity index is 800. The molecule has 1 heterocycles. The second-order valence-corrected chi connectivity index (χ2v) is 4.98. The van der Waals surface area contributed by atoms with Crippen molar-refractivity contribution in [2.45, 2.75) is 19.9 Å². The van der Waals surface area contributed by atoms with Crippen molar-refractivity contribution in [3.05, 3.63) is 27.3 Å². The Kier molecular flexibility index (Phi) is 4.56. The van der Waals surface area contributed by atoms with Crippen LogP contribution < -0.4 is 15.2 Å². The minimum atomic E-state index is -1.02. The molecule has 22 heavy (non-hydrogen) atoms. The lowest BCUT2D eigenvalue weighted by atomic mass is 10.1. The molecule has 0 saturated carbocycles. The highest BCUT2D eigenvalue weighted by Gasteiger charge is 2.19. The molecule has 1 aromatic heterocycles. The minimum Gasteiger partial charge on any atom is -0.493 e. The Balaban J connectivity index is 2.84. The highest BCUT2D eigenvalue weighted by molar-refractivity contribution is 6.37. The van der Waals surface area contributed by atoms with Crippen LogP contribution in [-0.4, -0.2) is 34.8 Å². The molecule has 0 fully saturated rings. The average molecular weight is 327 g/mol. The highest BCUT2D eigenvalue weighted by atomic mass is 35.5. The third-order valence-electron chi connectivity index (χ3n) is 3.29. The summed E-state index contributed by atoms with van der Waals surface area (Å²) >= 11 is 6.35. The fourth-order valence-electron chi connectivity index (χ4n) is 2.26. The maximum atomic E-state index is 12.1. The molecule has 0 bridgehead atoms. The van der Waals surface area contributed by atoms with Crippen LogP contribution in [0.15, 0.2) is 10.9 Å². The fraction of sp³-hybridized carbons (Fsp3) is 0.357. The van der Waals surface area contributed by atoms with Gasteiger partial charge in [-0.1, -0.05) is 11.6 Å². The van der Waals surface area contributed by atoms with Crippen molar-refractivity contribution < 1.29 is 19.4 Å². The third kappa shape index (κ3) is 2.71. The molecule has 7 nitrogen and oxygen atoms in total. The zero-order valence-corrected chi connectivity index (χ0v) is 13.1. The van der Waals surface area contributed by atoms with E-state index in [2.05, 4.69) is 4.98 Å². The number of hydrogen-bond acceptors (Lipinski definition) is 5. The quantitative estimate of drug-likeness (QED) is 0.901. The van der Waals surface area contributed by atoms with Gasteiger partial charge in [0.25, 0.3) is 0 Å². The molecule has 2 aromatic rings. The van der Waals surface area contributed by atoms with E-state index in [0.29, 0.717) is 22.3 Å². The highest BCUT2D eigenvalue weighted by Crippen LogP contribution is 2.41. The lowest BCUT2D eigenvalue weighted by molar-refractivity contribution is -0.137. The monoisotopic (exact) mass is 326 g/mol. The lowest BCUT2D eigenvalue weighted by Crippen LogP contribution is -2.25. The lowest BCUT2D eigenvalue weighted by Gasteiger charge is -2.16. The normalized spacial score (nSPS) is 10.7. The number of carbonyl (C=O) groups is 1. The molecule has 0 aliphatic carbocycles. The van der Waals surface area contributed by atoms with Crippen LogP contribution in [0.25, 0.3) is 10.9 Å². The first-order chi connectivity index (χ1) is 10.4. The Labute approximate surface area is 131 Å². The number of carboxylic acids is 1. The van der Waals surface area contributed by atoms with E-state index in [4.69, 9.17) is 26.2 Å². The van der Waals surface area contributed by atoms with E-state index >= 15 is 0 Å². The summed E-state index contributed by atoms with van der Waals surface area (Å²) in [6.07, 6.45) is -0.218. The summed E-state index contributed by atoms with van der Waals surface area (Å²) in [5, 5.41) is 9.62. The van der Waals surface area contributed by atoms with Gasteiger partial charge in [-0.2, -0.15) is 4.98 Å². The summed E-state index contributed by atoms with van der Waals surface area (Å²) in [7, 11) is 2.91. The van der Waals surface area contributed by atoms with Gasteiger partial charge in [-0.15, -0.1) is 0 Å². The van der Waals surface area contributed by atoms with E-state index in [1.807, 2.05) is 0 Å². The number of aromatic nitrogens is 2. The summed E-state index contributed by atoms with van der Waals surface area (Å²) in [6, 6.07) is 1.67. The zero-order chi connectivity index (χ0) is 16.4. The van der Waals surface area contributed by atoms with Crippen LogP contribution in [0.2, 0.25) is 5.02 Å². The second kappa shape index (κ2) is 6.23. The molecule has 0 aliphatic rings.